The zero-order chi connectivity index (χ0) is 7.52. The molecule has 0 aliphatic carbocycles. The Kier molecular flexibility index (Phi) is 1.74. The molecule has 1 aromatic rings. The summed E-state index contributed by atoms with van der Waals surface area (Å²) in [7, 11) is 0. The largest absolute Gasteiger partial charge is 0.300 e. The molecule has 0 bridgehead atoms. The van der Waals surface area contributed by atoms with Gasteiger partial charge in [-0.1, -0.05) is 36.4 Å². The summed E-state index contributed by atoms with van der Waals surface area (Å²) in [6.45, 7) is 3.99. The molecule has 1 N–H and O–H groups in total. The Morgan fingerprint density at radius 1 is 1.18 bits per heavy atom. The van der Waals surface area contributed by atoms with Crippen LogP contribution in [0.3, 0.4) is 0 Å². The predicted molar refractivity (Wildman–Crippen MR) is 45.7 cm³/mol. The molecule has 0 atom stereocenters. The highest BCUT2D eigenvalue weighted by Crippen LogP contribution is 2.17. The summed E-state index contributed by atoms with van der Waals surface area (Å²) in [6, 6.07) is 10.3. The number of nitrogens with one attached hydrogen (secondary N) is 1. The highest BCUT2D eigenvalue weighted by molar-refractivity contribution is 5.73. The molecule has 1 heteroatoms. The summed E-state index contributed by atoms with van der Waals surface area (Å²) in [5.74, 6) is 0. The molecule has 0 unspecified atom stereocenters. The Balaban J connectivity index is 2.29. The van der Waals surface area contributed by atoms with Gasteiger partial charge in [0.2, 0.25) is 0 Å². The number of hydrogen-bond acceptors (Lipinski definition) is 1. The summed E-state index contributed by atoms with van der Waals surface area (Å²) in [5.41, 5.74) is 2.41. The van der Waals surface area contributed by atoms with E-state index in [-0.39, 0.29) is 0 Å². The van der Waals surface area contributed by atoms with Gasteiger partial charge in [0.05, 0.1) is 6.54 Å². The second kappa shape index (κ2) is 2.89. The van der Waals surface area contributed by atoms with Gasteiger partial charge < -0.3 is 5.32 Å². The molecule has 0 aromatic heterocycles. The number of rotatable bonds is 1. The lowest BCUT2D eigenvalue weighted by Gasteiger charge is -1.97. The standard InChI is InChI=1S/C10H9N/c1-2-4-9(5-3-1)10-6-7-11-8-10/h1-6,11H,7H2. The van der Waals surface area contributed by atoms with E-state index in [2.05, 4.69) is 30.1 Å². The second-order valence-electron chi connectivity index (χ2n) is 2.49. The fourth-order valence-electron chi connectivity index (χ4n) is 1.16. The van der Waals surface area contributed by atoms with Gasteiger partial charge in [0.25, 0.3) is 0 Å². The monoisotopic (exact) mass is 143 g/mol. The Morgan fingerprint density at radius 2 is 2.00 bits per heavy atom. The third-order valence-electron chi connectivity index (χ3n) is 1.72. The van der Waals surface area contributed by atoms with Crippen LogP contribution in [0.1, 0.15) is 5.56 Å². The van der Waals surface area contributed by atoms with E-state index in [0.717, 1.165) is 6.54 Å². The Labute approximate surface area is 66.7 Å². The maximum absolute atomic E-state index is 3.08. The molecular formula is C10H9N. The predicted octanol–water partition coefficient (Wildman–Crippen LogP) is 1.71. The van der Waals surface area contributed by atoms with Crippen molar-refractivity contribution in [3.8, 4) is 0 Å². The van der Waals surface area contributed by atoms with Gasteiger partial charge in [-0.05, 0) is 11.1 Å². The Morgan fingerprint density at radius 3 is 2.64 bits per heavy atom. The van der Waals surface area contributed by atoms with Crippen LogP contribution in [-0.4, -0.2) is 6.54 Å². The van der Waals surface area contributed by atoms with Crippen LogP contribution >= 0.6 is 0 Å². The van der Waals surface area contributed by atoms with Crippen molar-refractivity contribution >= 4 is 5.57 Å². The van der Waals surface area contributed by atoms with E-state index in [1.54, 1.807) is 0 Å². The van der Waals surface area contributed by atoms with Crippen molar-refractivity contribution in [3.63, 3.8) is 0 Å². The van der Waals surface area contributed by atoms with Crippen molar-refractivity contribution in [3.05, 3.63) is 48.5 Å². The molecule has 0 amide bonds. The average Bonchev–Trinajstić information content (AvgIpc) is 2.58. The first-order valence-corrected chi connectivity index (χ1v) is 3.71. The van der Waals surface area contributed by atoms with Gasteiger partial charge in [0.1, 0.15) is 0 Å². The minimum atomic E-state index is 0.907. The van der Waals surface area contributed by atoms with Crippen LogP contribution in [0.25, 0.3) is 5.57 Å². The summed E-state index contributed by atoms with van der Waals surface area (Å²) < 4.78 is 0. The summed E-state index contributed by atoms with van der Waals surface area (Å²) in [6.07, 6.45) is 2.13. The lowest BCUT2D eigenvalue weighted by molar-refractivity contribution is 0.980. The first-order valence-electron chi connectivity index (χ1n) is 3.71. The number of benzene rings is 1. The smallest absolute Gasteiger partial charge is 0.0939 e. The molecule has 1 nitrogen and oxygen atoms in total. The van der Waals surface area contributed by atoms with Crippen LogP contribution in [0, 0.1) is 6.54 Å². The molecule has 0 fully saturated rings. The van der Waals surface area contributed by atoms with E-state index in [4.69, 9.17) is 0 Å². The molecule has 1 aliphatic rings. The highest BCUT2D eigenvalue weighted by Gasteiger charge is 2.05. The van der Waals surface area contributed by atoms with Crippen LogP contribution in [-0.2, 0) is 0 Å². The summed E-state index contributed by atoms with van der Waals surface area (Å²) >= 11 is 0. The van der Waals surface area contributed by atoms with Crippen molar-refractivity contribution in [2.24, 2.45) is 0 Å². The van der Waals surface area contributed by atoms with Gasteiger partial charge in [-0.2, -0.15) is 0 Å². The topological polar surface area (TPSA) is 12.0 Å². The second-order valence-corrected chi connectivity index (χ2v) is 2.49. The van der Waals surface area contributed by atoms with Crippen LogP contribution in [0.5, 0.6) is 0 Å². The first kappa shape index (κ1) is 6.62. The van der Waals surface area contributed by atoms with Gasteiger partial charge in [0.15, 0.2) is 0 Å². The molecular weight excluding hydrogens is 134 g/mol. The van der Waals surface area contributed by atoms with E-state index in [1.165, 1.54) is 11.1 Å². The molecule has 0 saturated carbocycles. The zero-order valence-corrected chi connectivity index (χ0v) is 6.17. The minimum Gasteiger partial charge on any atom is -0.300 e. The molecule has 2 radical (unpaired) electrons. The Bertz CT molecular complexity index is 261. The molecule has 0 spiro atoms. The fraction of sp³-hybridized carbons (Fsp3) is 0.100. The van der Waals surface area contributed by atoms with Crippen molar-refractivity contribution in [1.82, 2.24) is 5.32 Å². The van der Waals surface area contributed by atoms with Gasteiger partial charge in [-0.3, -0.25) is 0 Å². The van der Waals surface area contributed by atoms with Gasteiger partial charge in [0, 0.05) is 6.54 Å². The maximum atomic E-state index is 3.08. The molecule has 1 aromatic carbocycles. The van der Waals surface area contributed by atoms with E-state index < -0.39 is 0 Å². The average molecular weight is 143 g/mol. The molecule has 1 aliphatic heterocycles. The molecule has 2 rings (SSSR count). The molecule has 11 heavy (non-hydrogen) atoms. The van der Waals surface area contributed by atoms with Crippen molar-refractivity contribution < 1.29 is 0 Å². The van der Waals surface area contributed by atoms with Crippen LogP contribution < -0.4 is 5.32 Å². The summed E-state index contributed by atoms with van der Waals surface area (Å²) in [5, 5.41) is 3.03. The van der Waals surface area contributed by atoms with E-state index in [0.29, 0.717) is 0 Å². The number of hydrogen-bond donors (Lipinski definition) is 1. The van der Waals surface area contributed by atoms with E-state index >= 15 is 0 Å². The Hall–Kier alpha value is -1.08. The van der Waals surface area contributed by atoms with E-state index in [1.807, 2.05) is 18.2 Å². The third-order valence-corrected chi connectivity index (χ3v) is 1.72. The van der Waals surface area contributed by atoms with Gasteiger partial charge in [-0.25, -0.2) is 0 Å². The third kappa shape index (κ3) is 1.33. The zero-order valence-electron chi connectivity index (χ0n) is 6.17. The maximum Gasteiger partial charge on any atom is 0.0939 e. The van der Waals surface area contributed by atoms with Gasteiger partial charge in [-0.15, -0.1) is 0 Å². The van der Waals surface area contributed by atoms with Gasteiger partial charge >= 0.3 is 0 Å². The summed E-state index contributed by atoms with van der Waals surface area (Å²) in [4.78, 5) is 0. The van der Waals surface area contributed by atoms with Crippen molar-refractivity contribution in [1.29, 1.82) is 0 Å². The first-order chi connectivity index (χ1) is 5.47. The normalized spacial score (nSPS) is 16.5. The highest BCUT2D eigenvalue weighted by atomic mass is 14.9. The lowest BCUT2D eigenvalue weighted by atomic mass is 10.1. The fourth-order valence-corrected chi connectivity index (χ4v) is 1.16. The molecule has 1 heterocycles. The van der Waals surface area contributed by atoms with Crippen LogP contribution in [0.4, 0.5) is 0 Å². The molecule has 54 valence electrons. The van der Waals surface area contributed by atoms with Crippen molar-refractivity contribution in [2.45, 2.75) is 0 Å². The van der Waals surface area contributed by atoms with Crippen molar-refractivity contribution in [2.75, 3.05) is 6.54 Å². The van der Waals surface area contributed by atoms with Crippen LogP contribution in [0.15, 0.2) is 36.4 Å². The lowest BCUT2D eigenvalue weighted by Crippen LogP contribution is -2.01. The minimum absolute atomic E-state index is 0.907. The quantitative estimate of drug-likeness (QED) is 0.631. The van der Waals surface area contributed by atoms with E-state index in [9.17, 15) is 0 Å². The molecule has 0 saturated heterocycles. The SMILES string of the molecule is [C]1NCC=C1c1ccccc1. The van der Waals surface area contributed by atoms with Crippen LogP contribution in [0.2, 0.25) is 0 Å².